The summed E-state index contributed by atoms with van der Waals surface area (Å²) in [5, 5.41) is 18.6. The van der Waals surface area contributed by atoms with Gasteiger partial charge in [-0.1, -0.05) is 41.9 Å². The van der Waals surface area contributed by atoms with Crippen LogP contribution in [0.3, 0.4) is 0 Å². The van der Waals surface area contributed by atoms with Crippen LogP contribution in [0.5, 0.6) is 11.5 Å². The molecule has 3 aromatic rings. The molecule has 0 spiro atoms. The highest BCUT2D eigenvalue weighted by molar-refractivity contribution is 6.30. The number of aliphatic carboxylic acids is 2. The van der Waals surface area contributed by atoms with E-state index in [1.54, 1.807) is 24.3 Å². The van der Waals surface area contributed by atoms with E-state index in [-0.39, 0.29) is 11.9 Å². The summed E-state index contributed by atoms with van der Waals surface area (Å²) in [6.45, 7) is 0.859. The molecule has 35 heavy (non-hydrogen) atoms. The lowest BCUT2D eigenvalue weighted by molar-refractivity contribution is -0.159. The molecular weight excluding hydrogens is 472 g/mol. The maximum atomic E-state index is 12.8. The minimum absolute atomic E-state index is 0.0950. The topological polar surface area (TPSA) is 116 Å². The summed E-state index contributed by atoms with van der Waals surface area (Å²) >= 11 is 6.01. The number of hydrogen-bond donors (Lipinski definition) is 3. The Hall–Kier alpha value is -3.88. The van der Waals surface area contributed by atoms with E-state index in [1.165, 1.54) is 0 Å². The Morgan fingerprint density at radius 3 is 1.91 bits per heavy atom. The lowest BCUT2D eigenvalue weighted by Crippen LogP contribution is -2.31. The van der Waals surface area contributed by atoms with Crippen LogP contribution in [0.2, 0.25) is 5.02 Å². The minimum atomic E-state index is -1.82. The number of benzene rings is 3. The number of carboxylic acid groups (broad SMARTS) is 2. The molecule has 9 heteroatoms. The number of carbonyl (C=O) groups is 3. The third-order valence-corrected chi connectivity index (χ3v) is 4.97. The van der Waals surface area contributed by atoms with Gasteiger partial charge in [-0.3, -0.25) is 4.79 Å². The van der Waals surface area contributed by atoms with Crippen LogP contribution >= 0.6 is 11.6 Å². The first-order valence-corrected chi connectivity index (χ1v) is 11.0. The summed E-state index contributed by atoms with van der Waals surface area (Å²) in [6, 6.07) is 24.2. The number of nitrogens with zero attached hydrogens (tertiary/aromatic N) is 1. The highest BCUT2D eigenvalue weighted by Crippen LogP contribution is 2.23. The van der Waals surface area contributed by atoms with Crippen molar-refractivity contribution >= 4 is 29.4 Å². The fourth-order valence-electron chi connectivity index (χ4n) is 2.95. The van der Waals surface area contributed by atoms with Crippen LogP contribution in [0.25, 0.3) is 0 Å². The number of ether oxygens (including phenoxy) is 1. The van der Waals surface area contributed by atoms with Gasteiger partial charge >= 0.3 is 11.9 Å². The minimum Gasteiger partial charge on any atom is -0.473 e. The van der Waals surface area contributed by atoms with Gasteiger partial charge in [0, 0.05) is 10.6 Å². The molecule has 1 unspecified atom stereocenters. The Morgan fingerprint density at radius 2 is 1.40 bits per heavy atom. The third-order valence-electron chi connectivity index (χ3n) is 4.72. The van der Waals surface area contributed by atoms with Crippen molar-refractivity contribution in [2.45, 2.75) is 12.5 Å². The molecule has 0 aliphatic rings. The monoisotopic (exact) mass is 498 g/mol. The van der Waals surface area contributed by atoms with E-state index >= 15 is 0 Å². The summed E-state index contributed by atoms with van der Waals surface area (Å²) in [6.07, 6.45) is 0.801. The molecule has 0 fully saturated rings. The molecule has 3 aromatic carbocycles. The number of para-hydroxylation sites is 1. The molecule has 1 amide bonds. The molecule has 1 atom stereocenters. The predicted octanol–water partition coefficient (Wildman–Crippen LogP) is 4.71. The van der Waals surface area contributed by atoms with Gasteiger partial charge in [-0.05, 0) is 81.2 Å². The average molecular weight is 499 g/mol. The fourth-order valence-corrected chi connectivity index (χ4v) is 3.07. The fraction of sp³-hybridized carbons (Fsp3) is 0.192. The van der Waals surface area contributed by atoms with Gasteiger partial charge in [0.15, 0.2) is 0 Å². The summed E-state index contributed by atoms with van der Waals surface area (Å²) in [5.74, 6) is -2.31. The second-order valence-corrected chi connectivity index (χ2v) is 8.16. The second-order valence-electron chi connectivity index (χ2n) is 7.72. The molecule has 3 N–H and O–H groups in total. The molecule has 0 aliphatic carbocycles. The lowest BCUT2D eigenvalue weighted by atomic mass is 10.0. The van der Waals surface area contributed by atoms with Crippen molar-refractivity contribution in [1.29, 1.82) is 0 Å². The van der Waals surface area contributed by atoms with Crippen molar-refractivity contribution in [2.24, 2.45) is 0 Å². The van der Waals surface area contributed by atoms with E-state index in [0.29, 0.717) is 16.3 Å². The van der Waals surface area contributed by atoms with E-state index in [4.69, 9.17) is 36.1 Å². The standard InChI is InChI=1S/C24H25ClN2O2.C2H2O4/c1-27(2)17-16-23(18-8-12-20(25)13-9-18)26-24(28)19-10-14-22(15-11-19)29-21-6-4-3-5-7-21;3-1(4)2(5)6/h3-15,23H,16-17H2,1-2H3,(H,26,28);(H,3,4)(H,5,6). The van der Waals surface area contributed by atoms with Crippen molar-refractivity contribution in [3.8, 4) is 11.5 Å². The van der Waals surface area contributed by atoms with E-state index in [2.05, 4.69) is 10.2 Å². The van der Waals surface area contributed by atoms with Gasteiger partial charge in [0.1, 0.15) is 11.5 Å². The van der Waals surface area contributed by atoms with Crippen molar-refractivity contribution < 1.29 is 29.3 Å². The average Bonchev–Trinajstić information content (AvgIpc) is 2.83. The van der Waals surface area contributed by atoms with Crippen LogP contribution in [0, 0.1) is 0 Å². The number of nitrogens with one attached hydrogen (secondary N) is 1. The van der Waals surface area contributed by atoms with E-state index in [9.17, 15) is 4.79 Å². The molecule has 0 saturated heterocycles. The predicted molar refractivity (Wildman–Crippen MR) is 133 cm³/mol. The summed E-state index contributed by atoms with van der Waals surface area (Å²) < 4.78 is 5.79. The number of hydrogen-bond acceptors (Lipinski definition) is 5. The molecule has 3 rings (SSSR count). The normalized spacial score (nSPS) is 11.1. The number of halogens is 1. The van der Waals surface area contributed by atoms with Crippen LogP contribution in [-0.2, 0) is 9.59 Å². The maximum Gasteiger partial charge on any atom is 0.414 e. The summed E-state index contributed by atoms with van der Waals surface area (Å²) in [5.41, 5.74) is 1.63. The maximum absolute atomic E-state index is 12.8. The van der Waals surface area contributed by atoms with Gasteiger partial charge in [0.2, 0.25) is 0 Å². The zero-order valence-electron chi connectivity index (χ0n) is 19.3. The van der Waals surface area contributed by atoms with Crippen LogP contribution in [0.4, 0.5) is 0 Å². The first-order chi connectivity index (χ1) is 16.7. The highest BCUT2D eigenvalue weighted by atomic mass is 35.5. The van der Waals surface area contributed by atoms with Crippen LogP contribution in [-0.4, -0.2) is 53.6 Å². The summed E-state index contributed by atoms with van der Waals surface area (Å²) in [4.78, 5) is 33.1. The van der Waals surface area contributed by atoms with Crippen molar-refractivity contribution in [1.82, 2.24) is 10.2 Å². The van der Waals surface area contributed by atoms with Gasteiger partial charge in [0.05, 0.1) is 6.04 Å². The second kappa shape index (κ2) is 13.7. The zero-order valence-corrected chi connectivity index (χ0v) is 20.1. The first-order valence-electron chi connectivity index (χ1n) is 10.7. The van der Waals surface area contributed by atoms with Gasteiger partial charge < -0.3 is 25.2 Å². The molecular formula is C26H27ClN2O6. The van der Waals surface area contributed by atoms with Gasteiger partial charge in [-0.25, -0.2) is 9.59 Å². The van der Waals surface area contributed by atoms with Gasteiger partial charge in [-0.15, -0.1) is 0 Å². The highest BCUT2D eigenvalue weighted by Gasteiger charge is 2.16. The summed E-state index contributed by atoms with van der Waals surface area (Å²) in [7, 11) is 4.04. The zero-order chi connectivity index (χ0) is 25.8. The SMILES string of the molecule is CN(C)CCC(NC(=O)c1ccc(Oc2ccccc2)cc1)c1ccc(Cl)cc1.O=C(O)C(=O)O. The lowest BCUT2D eigenvalue weighted by Gasteiger charge is -2.21. The van der Waals surface area contributed by atoms with Crippen LogP contribution in [0.1, 0.15) is 28.4 Å². The van der Waals surface area contributed by atoms with Crippen LogP contribution in [0.15, 0.2) is 78.9 Å². The quantitative estimate of drug-likeness (QED) is 0.385. The van der Waals surface area contributed by atoms with E-state index in [1.807, 2.05) is 68.7 Å². The molecule has 0 bridgehead atoms. The Balaban J connectivity index is 0.000000641. The Labute approximate surface area is 208 Å². The Morgan fingerprint density at radius 1 is 0.857 bits per heavy atom. The molecule has 0 heterocycles. The number of amides is 1. The Bertz CT molecular complexity index is 1090. The molecule has 8 nitrogen and oxygen atoms in total. The van der Waals surface area contributed by atoms with Gasteiger partial charge in [-0.2, -0.15) is 0 Å². The molecule has 0 aliphatic heterocycles. The number of carbonyl (C=O) groups excluding carboxylic acids is 1. The third kappa shape index (κ3) is 9.87. The molecule has 0 radical (unpaired) electrons. The van der Waals surface area contributed by atoms with Crippen molar-refractivity contribution in [2.75, 3.05) is 20.6 Å². The molecule has 0 saturated carbocycles. The first kappa shape index (κ1) is 27.4. The largest absolute Gasteiger partial charge is 0.473 e. The molecule has 184 valence electrons. The number of rotatable bonds is 8. The molecule has 0 aromatic heterocycles. The van der Waals surface area contributed by atoms with Crippen molar-refractivity contribution in [3.63, 3.8) is 0 Å². The Kier molecular flexibility index (Phi) is 10.7. The number of carboxylic acids is 2. The smallest absolute Gasteiger partial charge is 0.414 e. The van der Waals surface area contributed by atoms with Crippen LogP contribution < -0.4 is 10.1 Å². The van der Waals surface area contributed by atoms with Gasteiger partial charge in [0.25, 0.3) is 5.91 Å². The van der Waals surface area contributed by atoms with E-state index < -0.39 is 11.9 Å². The van der Waals surface area contributed by atoms with Crippen molar-refractivity contribution in [3.05, 3.63) is 95.0 Å². The van der Waals surface area contributed by atoms with E-state index in [0.717, 1.165) is 24.3 Å².